The third-order valence-electron chi connectivity index (χ3n) is 17.1. The summed E-state index contributed by atoms with van der Waals surface area (Å²) in [5.74, 6) is 1.45. The monoisotopic (exact) mass is 1600 g/mol. The number of para-hydroxylation sites is 15. The molecule has 0 aliphatic heterocycles. The van der Waals surface area contributed by atoms with Gasteiger partial charge in [0, 0.05) is 71.0 Å². The standard InChI is InChI=1S/3C9H7N.C8H6N2.4C8H7NO.2C8H7NS.C7H5NO.C7H5NS/c3*1-2-6-9-8(4-1)5-3-7-10-9;1-2-4-8-7(3-1)5-9-6-10-8;2*1-6-9-7-4-2-3-5-8(7)10-6;2*1-6-7-4-2-3-5-8(7)10-9-6;2*1-6-9-7-4-2-3-5-8(7)10-6;2*1-2-4-7-6(3-1)8-5-9-7/h3*1-7H;1-6H;6*2-5H,1H3;2*1-5H. The highest BCUT2D eigenvalue weighted by atomic mass is 32.1. The number of aryl methyl sites for hydroxylation is 6. The molecule has 580 valence electrons. The summed E-state index contributed by atoms with van der Waals surface area (Å²) >= 11 is 5.16. The molecular weight excluding hydrogens is 1520 g/mol. The molecule has 0 fully saturated rings. The van der Waals surface area contributed by atoms with Crippen molar-refractivity contribution < 1.29 is 22.3 Å². The Bertz CT molecular complexity index is 5970. The zero-order valence-electron chi connectivity index (χ0n) is 65.3. The van der Waals surface area contributed by atoms with Crippen molar-refractivity contribution in [2.75, 3.05) is 0 Å². The molecule has 0 saturated carbocycles. The minimum Gasteiger partial charge on any atom is -0.443 e. The molecule has 24 aromatic rings. The van der Waals surface area contributed by atoms with Crippen LogP contribution in [0, 0.1) is 41.5 Å². The van der Waals surface area contributed by atoms with Crippen molar-refractivity contribution in [2.45, 2.75) is 41.5 Å². The maximum Gasteiger partial charge on any atom is 0.192 e. The van der Waals surface area contributed by atoms with E-state index in [0.717, 1.165) is 132 Å². The molecule has 118 heavy (non-hydrogen) atoms. The first-order valence-electron chi connectivity index (χ1n) is 37.5. The molecule has 12 heterocycles. The molecule has 0 N–H and O–H groups in total. The van der Waals surface area contributed by atoms with Crippen LogP contribution in [0.4, 0.5) is 0 Å². The normalized spacial score (nSPS) is 10.3. The van der Waals surface area contributed by atoms with Crippen molar-refractivity contribution in [3.8, 4) is 0 Å². The fourth-order valence-corrected chi connectivity index (χ4v) is 13.9. The van der Waals surface area contributed by atoms with Gasteiger partial charge in [0.15, 0.2) is 46.1 Å². The number of nitrogens with zero attached hydrogens (tertiary/aromatic N) is 13. The molecule has 0 aliphatic carbocycles. The molecule has 12 aromatic carbocycles. The number of hydrogen-bond donors (Lipinski definition) is 0. The Labute approximate surface area is 691 Å². The summed E-state index contributed by atoms with van der Waals surface area (Å²) in [6.07, 6.45) is 10.2. The van der Waals surface area contributed by atoms with Gasteiger partial charge >= 0.3 is 0 Å². The van der Waals surface area contributed by atoms with Gasteiger partial charge in [0.1, 0.15) is 22.9 Å². The van der Waals surface area contributed by atoms with Gasteiger partial charge in [-0.1, -0.05) is 198 Å². The van der Waals surface area contributed by atoms with E-state index < -0.39 is 0 Å². The number of pyridine rings is 3. The highest BCUT2D eigenvalue weighted by Crippen LogP contribution is 2.24. The summed E-state index contributed by atoms with van der Waals surface area (Å²) in [7, 11) is 0. The fraction of sp³-hybridized carbons (Fsp3) is 0.0619. The molecule has 0 bridgehead atoms. The van der Waals surface area contributed by atoms with E-state index in [9.17, 15) is 0 Å². The average molecular weight is 1600 g/mol. The first kappa shape index (κ1) is 81.3. The van der Waals surface area contributed by atoms with Crippen LogP contribution in [0.5, 0.6) is 0 Å². The minimum absolute atomic E-state index is 0.723. The van der Waals surface area contributed by atoms with Crippen molar-refractivity contribution in [1.82, 2.24) is 65.1 Å². The van der Waals surface area contributed by atoms with Crippen LogP contribution >= 0.6 is 34.0 Å². The zero-order chi connectivity index (χ0) is 81.3. The van der Waals surface area contributed by atoms with Crippen LogP contribution in [0.2, 0.25) is 0 Å². The van der Waals surface area contributed by atoms with E-state index in [1.54, 1.807) is 40.3 Å². The van der Waals surface area contributed by atoms with Crippen molar-refractivity contribution in [3.05, 3.63) is 404 Å². The second kappa shape index (κ2) is 42.4. The van der Waals surface area contributed by atoms with E-state index >= 15 is 0 Å². The van der Waals surface area contributed by atoms with E-state index in [4.69, 9.17) is 22.3 Å². The maximum atomic E-state index is 5.26. The molecule has 24 rings (SSSR count). The first-order chi connectivity index (χ1) is 58.0. The van der Waals surface area contributed by atoms with E-state index in [1.165, 1.54) is 36.7 Å². The molecule has 0 unspecified atom stereocenters. The predicted molar refractivity (Wildman–Crippen MR) is 482 cm³/mol. The molecule has 21 heteroatoms. The highest BCUT2D eigenvalue weighted by molar-refractivity contribution is 7.18. The molecule has 0 saturated heterocycles. The summed E-state index contributed by atoms with van der Waals surface area (Å²) in [6, 6.07) is 107. The van der Waals surface area contributed by atoms with Crippen LogP contribution in [0.15, 0.2) is 393 Å². The average Bonchev–Trinajstić information content (AvgIpc) is 1.61. The largest absolute Gasteiger partial charge is 0.443 e. The van der Waals surface area contributed by atoms with Gasteiger partial charge in [-0.2, -0.15) is 0 Å². The van der Waals surface area contributed by atoms with Gasteiger partial charge in [0.2, 0.25) is 0 Å². The number of hydrogen-bond acceptors (Lipinski definition) is 21. The first-order valence-corrected chi connectivity index (χ1v) is 40.0. The van der Waals surface area contributed by atoms with Gasteiger partial charge < -0.3 is 22.3 Å². The third-order valence-corrected chi connectivity index (χ3v) is 19.9. The Kier molecular flexibility index (Phi) is 29.2. The summed E-state index contributed by atoms with van der Waals surface area (Å²) < 4.78 is 29.3. The molecule has 0 atom stereocenters. The summed E-state index contributed by atoms with van der Waals surface area (Å²) in [4.78, 5) is 45.6. The lowest BCUT2D eigenvalue weighted by Gasteiger charge is -1.91. The molecule has 0 radical (unpaired) electrons. The van der Waals surface area contributed by atoms with Gasteiger partial charge in [-0.15, -0.1) is 34.0 Å². The number of benzene rings is 12. The molecule has 0 spiro atoms. The number of thiazole rings is 3. The molecule has 0 amide bonds. The lowest BCUT2D eigenvalue weighted by molar-refractivity contribution is 0.450. The quantitative estimate of drug-likeness (QED) is 0.137. The third kappa shape index (κ3) is 23.7. The number of rotatable bonds is 0. The Morgan fingerprint density at radius 3 is 1.02 bits per heavy atom. The van der Waals surface area contributed by atoms with Crippen molar-refractivity contribution >= 4 is 164 Å². The van der Waals surface area contributed by atoms with Crippen LogP contribution in [0.25, 0.3) is 129 Å². The molecule has 0 aliphatic rings. The van der Waals surface area contributed by atoms with E-state index in [1.807, 2.05) is 345 Å². The second-order valence-corrected chi connectivity index (χ2v) is 29.0. The lowest BCUT2D eigenvalue weighted by atomic mass is 10.2. The van der Waals surface area contributed by atoms with Gasteiger partial charge in [-0.25, -0.2) is 39.9 Å². The summed E-state index contributed by atoms with van der Waals surface area (Å²) in [6.45, 7) is 11.6. The molecular formula is C97H79N13O5S3. The number of aromatic nitrogens is 13. The maximum absolute atomic E-state index is 5.26. The van der Waals surface area contributed by atoms with Crippen molar-refractivity contribution in [2.24, 2.45) is 0 Å². The summed E-state index contributed by atoms with van der Waals surface area (Å²) in [5, 5.41) is 16.8. The Morgan fingerprint density at radius 2 is 0.610 bits per heavy atom. The Balaban J connectivity index is 0.000000112. The zero-order valence-corrected chi connectivity index (χ0v) is 67.7. The van der Waals surface area contributed by atoms with Crippen molar-refractivity contribution in [1.29, 1.82) is 0 Å². The van der Waals surface area contributed by atoms with Gasteiger partial charge in [-0.05, 0) is 167 Å². The van der Waals surface area contributed by atoms with Crippen LogP contribution < -0.4 is 0 Å². The van der Waals surface area contributed by atoms with Gasteiger partial charge in [0.05, 0.1) is 79.6 Å². The smallest absolute Gasteiger partial charge is 0.192 e. The van der Waals surface area contributed by atoms with E-state index in [2.05, 4.69) is 120 Å². The second-order valence-electron chi connectivity index (χ2n) is 25.6. The lowest BCUT2D eigenvalue weighted by Crippen LogP contribution is -1.77. The van der Waals surface area contributed by atoms with Crippen LogP contribution in [-0.4, -0.2) is 65.1 Å². The predicted octanol–water partition coefficient (Wildman–Crippen LogP) is 26.2. The van der Waals surface area contributed by atoms with Crippen LogP contribution in [0.3, 0.4) is 0 Å². The van der Waals surface area contributed by atoms with Gasteiger partial charge in [-0.3, -0.25) is 15.0 Å². The van der Waals surface area contributed by atoms with Crippen molar-refractivity contribution in [3.63, 3.8) is 0 Å². The SMILES string of the molecule is Cc1nc2ccccc2o1.Cc1nc2ccccc2o1.Cc1nc2ccccc2s1.Cc1nc2ccccc2s1.Cc1noc2ccccc12.Cc1noc2ccccc12.c1ccc2ncccc2c1.c1ccc2ncccc2c1.c1ccc2ncccc2c1.c1ccc2ncncc2c1.c1ccc2ocnc2c1.c1ccc2scnc2c1. The van der Waals surface area contributed by atoms with Crippen LogP contribution in [-0.2, 0) is 0 Å². The number of oxazole rings is 3. The Morgan fingerprint density at radius 1 is 0.263 bits per heavy atom. The highest BCUT2D eigenvalue weighted by Gasteiger charge is 2.04. The summed E-state index contributed by atoms with van der Waals surface area (Å²) in [5.41, 5.74) is 18.3. The number of fused-ring (bicyclic) bond motifs is 12. The van der Waals surface area contributed by atoms with Crippen LogP contribution in [0.1, 0.15) is 33.2 Å². The van der Waals surface area contributed by atoms with Gasteiger partial charge in [0.25, 0.3) is 0 Å². The fourth-order valence-electron chi connectivity index (χ4n) is 11.6. The Hall–Kier alpha value is -14.8. The van der Waals surface area contributed by atoms with E-state index in [0.29, 0.717) is 0 Å². The minimum atomic E-state index is 0.723. The van der Waals surface area contributed by atoms with E-state index in [-0.39, 0.29) is 0 Å². The molecule has 18 nitrogen and oxygen atoms in total. The molecule has 12 aromatic heterocycles. The topological polar surface area (TPSA) is 233 Å².